The Balaban J connectivity index is 2.85. The molecule has 142 valence electrons. The Hall–Kier alpha value is -2.01. The molecule has 0 fully saturated rings. The average Bonchev–Trinajstić information content (AvgIpc) is 2.42. The van der Waals surface area contributed by atoms with Crippen molar-refractivity contribution in [3.05, 3.63) is 29.8 Å². The van der Waals surface area contributed by atoms with Gasteiger partial charge in [-0.15, -0.1) is 0 Å². The smallest absolute Gasteiger partial charge is 0.444 e. The molecule has 1 aromatic carbocycles. The molecule has 1 atom stereocenters. The Bertz CT molecular complexity index is 695. The molecule has 0 aliphatic rings. The van der Waals surface area contributed by atoms with Gasteiger partial charge in [0.15, 0.2) is 0 Å². The number of hydrogen-bond donors (Lipinski definition) is 2. The lowest BCUT2D eigenvalue weighted by Crippen LogP contribution is -2.36. The number of ether oxygens (including phenoxy) is 1. The largest absolute Gasteiger partial charge is 0.534 e. The van der Waals surface area contributed by atoms with Crippen molar-refractivity contribution < 1.29 is 40.4 Å². The zero-order valence-electron chi connectivity index (χ0n) is 13.6. The summed E-state index contributed by atoms with van der Waals surface area (Å²) in [5, 5.41) is 11.7. The number of benzene rings is 1. The van der Waals surface area contributed by atoms with Crippen molar-refractivity contribution in [1.82, 2.24) is 5.32 Å². The third-order valence-corrected chi connectivity index (χ3v) is 3.62. The van der Waals surface area contributed by atoms with Crippen molar-refractivity contribution in [3.8, 4) is 5.75 Å². The van der Waals surface area contributed by atoms with E-state index in [4.69, 9.17) is 4.74 Å². The van der Waals surface area contributed by atoms with Gasteiger partial charge < -0.3 is 19.3 Å². The molecule has 7 nitrogen and oxygen atoms in total. The minimum absolute atomic E-state index is 0.310. The maximum Gasteiger partial charge on any atom is 0.534 e. The third kappa shape index (κ3) is 6.42. The Morgan fingerprint density at radius 3 is 2.12 bits per heavy atom. The van der Waals surface area contributed by atoms with E-state index < -0.39 is 45.7 Å². The van der Waals surface area contributed by atoms with Crippen LogP contribution in [0.4, 0.5) is 18.0 Å². The van der Waals surface area contributed by atoms with E-state index in [-0.39, 0.29) is 0 Å². The second kappa shape index (κ2) is 7.48. The fraction of sp³-hybridized carbons (Fsp3) is 0.500. The van der Waals surface area contributed by atoms with Gasteiger partial charge in [-0.1, -0.05) is 12.1 Å². The Labute approximate surface area is 142 Å². The molecule has 0 aromatic heterocycles. The molecule has 2 N–H and O–H groups in total. The van der Waals surface area contributed by atoms with Crippen molar-refractivity contribution in [3.63, 3.8) is 0 Å². The van der Waals surface area contributed by atoms with Crippen molar-refractivity contribution >= 4 is 16.2 Å². The summed E-state index contributed by atoms with van der Waals surface area (Å²) in [6.45, 7) is 4.43. The van der Waals surface area contributed by atoms with Crippen molar-refractivity contribution in [2.45, 2.75) is 37.9 Å². The van der Waals surface area contributed by atoms with E-state index in [2.05, 4.69) is 9.50 Å². The summed E-state index contributed by atoms with van der Waals surface area (Å²) < 4.78 is 67.6. The number of carbonyl (C=O) groups excluding carboxylic acids is 1. The molecule has 0 saturated heterocycles. The van der Waals surface area contributed by atoms with Crippen LogP contribution in [0.25, 0.3) is 0 Å². The minimum atomic E-state index is -5.77. The highest BCUT2D eigenvalue weighted by Gasteiger charge is 2.48. The third-order valence-electron chi connectivity index (χ3n) is 2.65. The summed E-state index contributed by atoms with van der Waals surface area (Å²) in [7, 11) is -5.77. The van der Waals surface area contributed by atoms with Gasteiger partial charge in [0, 0.05) is 0 Å². The number of nitrogens with one attached hydrogen (secondary N) is 1. The highest BCUT2D eigenvalue weighted by Crippen LogP contribution is 2.27. The topological polar surface area (TPSA) is 102 Å². The lowest BCUT2D eigenvalue weighted by molar-refractivity contribution is -0.0500. The van der Waals surface area contributed by atoms with Crippen molar-refractivity contribution in [2.24, 2.45) is 0 Å². The lowest BCUT2D eigenvalue weighted by Gasteiger charge is -2.23. The molecule has 0 aliphatic heterocycles. The van der Waals surface area contributed by atoms with Crippen LogP contribution in [0.5, 0.6) is 5.75 Å². The van der Waals surface area contributed by atoms with Gasteiger partial charge in [0.25, 0.3) is 0 Å². The Morgan fingerprint density at radius 1 is 1.20 bits per heavy atom. The number of aliphatic hydroxyl groups excluding tert-OH is 1. The highest BCUT2D eigenvalue weighted by molar-refractivity contribution is 7.88. The summed E-state index contributed by atoms with van der Waals surface area (Å²) in [6.07, 6.45) is -0.800. The fourth-order valence-electron chi connectivity index (χ4n) is 1.61. The molecule has 0 radical (unpaired) electrons. The molecular weight excluding hydrogens is 367 g/mol. The molecule has 0 spiro atoms. The van der Waals surface area contributed by atoms with E-state index in [0.29, 0.717) is 5.56 Å². The van der Waals surface area contributed by atoms with Crippen LogP contribution in [-0.4, -0.2) is 37.3 Å². The molecule has 1 amide bonds. The summed E-state index contributed by atoms with van der Waals surface area (Å²) in [5.74, 6) is -0.560. The quantitative estimate of drug-likeness (QED) is 0.596. The number of aliphatic hydroxyl groups is 1. The second-order valence-corrected chi connectivity index (χ2v) is 7.47. The first kappa shape index (κ1) is 21.0. The molecule has 1 aromatic rings. The van der Waals surface area contributed by atoms with Gasteiger partial charge >= 0.3 is 21.7 Å². The van der Waals surface area contributed by atoms with Crippen LogP contribution < -0.4 is 9.50 Å². The van der Waals surface area contributed by atoms with E-state index in [1.165, 1.54) is 12.1 Å². The summed E-state index contributed by atoms with van der Waals surface area (Å²) >= 11 is 0. The number of halogens is 3. The van der Waals surface area contributed by atoms with Crippen LogP contribution in [0.2, 0.25) is 0 Å². The van der Waals surface area contributed by atoms with E-state index >= 15 is 0 Å². The molecular formula is C14H18F3NO6S. The number of rotatable bonds is 5. The molecule has 0 heterocycles. The fourth-order valence-corrected chi connectivity index (χ4v) is 2.07. The molecule has 0 aliphatic carbocycles. The van der Waals surface area contributed by atoms with E-state index in [1.54, 1.807) is 20.8 Å². The van der Waals surface area contributed by atoms with Gasteiger partial charge in [-0.3, -0.25) is 0 Å². The lowest BCUT2D eigenvalue weighted by atomic mass is 10.1. The van der Waals surface area contributed by atoms with Gasteiger partial charge in [0.05, 0.1) is 12.6 Å². The van der Waals surface area contributed by atoms with Gasteiger partial charge in [-0.05, 0) is 38.5 Å². The van der Waals surface area contributed by atoms with Gasteiger partial charge in [0.1, 0.15) is 11.4 Å². The van der Waals surface area contributed by atoms with Crippen LogP contribution in [0.1, 0.15) is 32.4 Å². The second-order valence-electron chi connectivity index (χ2n) is 5.93. The van der Waals surface area contributed by atoms with E-state index in [9.17, 15) is 31.5 Å². The van der Waals surface area contributed by atoms with Crippen LogP contribution in [0, 0.1) is 0 Å². The first-order chi connectivity index (χ1) is 11.2. The van der Waals surface area contributed by atoms with Gasteiger partial charge in [0.2, 0.25) is 0 Å². The number of amides is 1. The van der Waals surface area contributed by atoms with Gasteiger partial charge in [-0.2, -0.15) is 21.6 Å². The van der Waals surface area contributed by atoms with E-state index in [1.807, 2.05) is 0 Å². The van der Waals surface area contributed by atoms with Crippen LogP contribution >= 0.6 is 0 Å². The van der Waals surface area contributed by atoms with Crippen molar-refractivity contribution in [2.75, 3.05) is 6.61 Å². The van der Waals surface area contributed by atoms with Crippen LogP contribution in [-0.2, 0) is 14.9 Å². The zero-order valence-corrected chi connectivity index (χ0v) is 14.4. The maximum atomic E-state index is 12.3. The molecule has 0 bridgehead atoms. The van der Waals surface area contributed by atoms with Crippen LogP contribution in [0.3, 0.4) is 0 Å². The molecule has 0 saturated carbocycles. The zero-order chi connectivity index (χ0) is 19.5. The molecule has 1 rings (SSSR count). The average molecular weight is 385 g/mol. The Morgan fingerprint density at radius 2 is 1.72 bits per heavy atom. The molecule has 1 unspecified atom stereocenters. The number of carbonyl (C=O) groups is 1. The van der Waals surface area contributed by atoms with Crippen molar-refractivity contribution in [1.29, 1.82) is 0 Å². The minimum Gasteiger partial charge on any atom is -0.444 e. The normalized spacial score (nSPS) is 13.9. The highest BCUT2D eigenvalue weighted by atomic mass is 32.2. The predicted octanol–water partition coefficient (Wildman–Crippen LogP) is 2.47. The molecule has 11 heteroatoms. The Kier molecular flexibility index (Phi) is 6.29. The van der Waals surface area contributed by atoms with Gasteiger partial charge in [-0.25, -0.2) is 4.79 Å². The molecule has 25 heavy (non-hydrogen) atoms. The predicted molar refractivity (Wildman–Crippen MR) is 81.2 cm³/mol. The number of hydrogen-bond acceptors (Lipinski definition) is 6. The summed E-state index contributed by atoms with van der Waals surface area (Å²) in [4.78, 5) is 11.7. The SMILES string of the molecule is CC(C)(C)OC(=O)NC(CO)c1ccc(OS(=O)(=O)C(F)(F)F)cc1. The summed E-state index contributed by atoms with van der Waals surface area (Å²) in [5.41, 5.74) is -5.99. The van der Waals surface area contributed by atoms with Crippen LogP contribution in [0.15, 0.2) is 24.3 Å². The standard InChI is InChI=1S/C14H18F3NO6S/c1-13(2,3)23-12(20)18-11(8-19)9-4-6-10(7-5-9)24-25(21,22)14(15,16)17/h4-7,11,19H,8H2,1-3H3,(H,18,20). The summed E-state index contributed by atoms with van der Waals surface area (Å²) in [6, 6.07) is 3.46. The maximum absolute atomic E-state index is 12.3. The number of alkyl halides is 3. The monoisotopic (exact) mass is 385 g/mol. The first-order valence-corrected chi connectivity index (χ1v) is 8.37. The number of alkyl carbamates (subject to hydrolysis) is 1. The first-order valence-electron chi connectivity index (χ1n) is 6.96. The van der Waals surface area contributed by atoms with E-state index in [0.717, 1.165) is 12.1 Å².